The molecule has 0 heterocycles. The third kappa shape index (κ3) is 8.93. The van der Waals surface area contributed by atoms with Crippen molar-refractivity contribution in [2.75, 3.05) is 0 Å². The van der Waals surface area contributed by atoms with Crippen LogP contribution in [-0.4, -0.2) is 0 Å². The molecule has 0 atom stereocenters. The van der Waals surface area contributed by atoms with E-state index in [-0.39, 0.29) is 0 Å². The van der Waals surface area contributed by atoms with Gasteiger partial charge in [-0.25, -0.2) is 0 Å². The van der Waals surface area contributed by atoms with Crippen molar-refractivity contribution in [3.8, 4) is 44.5 Å². The maximum atomic E-state index is 2.37. The van der Waals surface area contributed by atoms with E-state index in [4.69, 9.17) is 0 Å². The predicted octanol–water partition coefficient (Wildman–Crippen LogP) is 18.1. The van der Waals surface area contributed by atoms with Crippen LogP contribution in [0.5, 0.6) is 0 Å². The summed E-state index contributed by atoms with van der Waals surface area (Å²) in [5.41, 5.74) is 9.98. The molecule has 0 N–H and O–H groups in total. The van der Waals surface area contributed by atoms with E-state index in [1.54, 1.807) is 0 Å². The molecule has 9 rings (SSSR count). The average Bonchev–Trinajstić information content (AvgIpc) is 3.31. The molecule has 0 aliphatic carbocycles. The first kappa shape index (κ1) is 42.8. The van der Waals surface area contributed by atoms with Gasteiger partial charge in [0.2, 0.25) is 0 Å². The molecule has 0 nitrogen and oxygen atoms in total. The van der Waals surface area contributed by atoms with Gasteiger partial charge in [0.25, 0.3) is 0 Å². The van der Waals surface area contributed by atoms with Crippen LogP contribution in [0.4, 0.5) is 0 Å². The lowest BCUT2D eigenvalue weighted by molar-refractivity contribution is 1.50. The van der Waals surface area contributed by atoms with Crippen LogP contribution in [0.2, 0.25) is 0 Å². The lowest BCUT2D eigenvalue weighted by atomic mass is 9.85. The van der Waals surface area contributed by atoms with Crippen molar-refractivity contribution < 1.29 is 0 Å². The Labute approximate surface area is 337 Å². The van der Waals surface area contributed by atoms with Crippen molar-refractivity contribution in [1.29, 1.82) is 0 Å². The molecule has 0 saturated carbocycles. The van der Waals surface area contributed by atoms with Crippen LogP contribution < -0.4 is 0 Å². The second-order valence-electron chi connectivity index (χ2n) is 12.1. The minimum absolute atomic E-state index is 1.23. The summed E-state index contributed by atoms with van der Waals surface area (Å²) in [6.07, 6.45) is 0. The van der Waals surface area contributed by atoms with E-state index >= 15 is 0 Å². The SMILES string of the molecule is CC.CC.CC.CC.CC.c1cc(-c2cccc3ccccc23)cc(-c2c3ccccc3c(-c3ccc(-c4ccc5ccccc5c4)cc3)c3ccccc23)c1. The molecule has 9 aromatic rings. The van der Waals surface area contributed by atoms with E-state index in [9.17, 15) is 0 Å². The Morgan fingerprint density at radius 3 is 1.18 bits per heavy atom. The molecule has 0 aliphatic heterocycles. The molecule has 0 unspecified atom stereocenters. The molecule has 0 heteroatoms. The van der Waals surface area contributed by atoms with Gasteiger partial charge in [0.15, 0.2) is 0 Å². The van der Waals surface area contributed by atoms with Gasteiger partial charge in [0, 0.05) is 0 Å². The third-order valence-electron chi connectivity index (χ3n) is 9.44. The number of hydrogen-bond donors (Lipinski definition) is 0. The summed E-state index contributed by atoms with van der Waals surface area (Å²) in [6, 6.07) is 66.5. The highest BCUT2D eigenvalue weighted by Gasteiger charge is 2.17. The van der Waals surface area contributed by atoms with Crippen LogP contribution >= 0.6 is 0 Å². The molecule has 0 aromatic heterocycles. The van der Waals surface area contributed by atoms with E-state index in [1.165, 1.54) is 87.6 Å². The summed E-state index contributed by atoms with van der Waals surface area (Å²) >= 11 is 0. The van der Waals surface area contributed by atoms with Crippen molar-refractivity contribution in [3.05, 3.63) is 182 Å². The monoisotopic (exact) mass is 732 g/mol. The minimum Gasteiger partial charge on any atom is -0.0683 e. The topological polar surface area (TPSA) is 0 Å². The standard InChI is InChI=1S/C46H30.5C2H6/c1-2-13-35-29-36(28-25-31(35)11-1)32-23-26-34(27-24-32)45-41-18-5-7-20-43(41)46(44-21-8-6-19-42(44)45)38-16-9-15-37(30-38)40-22-10-14-33-12-3-4-17-39(33)40;5*1-2/h1-30H;5*1-2H3. The van der Waals surface area contributed by atoms with Crippen molar-refractivity contribution in [3.63, 3.8) is 0 Å². The first-order chi connectivity index (χ1) is 27.8. The Bertz CT molecular complexity index is 2510. The van der Waals surface area contributed by atoms with Crippen LogP contribution in [-0.2, 0) is 0 Å². The summed E-state index contributed by atoms with van der Waals surface area (Å²) in [5.74, 6) is 0. The van der Waals surface area contributed by atoms with Gasteiger partial charge in [-0.2, -0.15) is 0 Å². The maximum Gasteiger partial charge on any atom is -0.00262 e. The van der Waals surface area contributed by atoms with Gasteiger partial charge in [0.1, 0.15) is 0 Å². The fraction of sp³-hybridized carbons (Fsp3) is 0.179. The zero-order valence-corrected chi connectivity index (χ0v) is 35.3. The Hall–Kier alpha value is -5.98. The molecule has 0 aliphatic rings. The van der Waals surface area contributed by atoms with Crippen LogP contribution in [0.1, 0.15) is 69.2 Å². The molecular weight excluding hydrogens is 673 g/mol. The lowest BCUT2D eigenvalue weighted by Crippen LogP contribution is -1.91. The molecular formula is C56H60. The van der Waals surface area contributed by atoms with E-state index in [2.05, 4.69) is 182 Å². The Morgan fingerprint density at radius 1 is 0.214 bits per heavy atom. The van der Waals surface area contributed by atoms with E-state index in [1.807, 2.05) is 69.2 Å². The van der Waals surface area contributed by atoms with E-state index < -0.39 is 0 Å². The summed E-state index contributed by atoms with van der Waals surface area (Å²) in [4.78, 5) is 0. The Balaban J connectivity index is 0.000000648. The fourth-order valence-electron chi connectivity index (χ4n) is 7.27. The molecule has 284 valence electrons. The number of benzene rings is 9. The molecule has 0 amide bonds. The molecule has 56 heavy (non-hydrogen) atoms. The number of rotatable bonds is 4. The largest absolute Gasteiger partial charge is 0.0683 e. The van der Waals surface area contributed by atoms with Crippen molar-refractivity contribution in [2.24, 2.45) is 0 Å². The summed E-state index contributed by atoms with van der Waals surface area (Å²) in [7, 11) is 0. The Morgan fingerprint density at radius 2 is 0.607 bits per heavy atom. The highest BCUT2D eigenvalue weighted by Crippen LogP contribution is 2.44. The molecule has 0 fully saturated rings. The second-order valence-corrected chi connectivity index (χ2v) is 12.1. The van der Waals surface area contributed by atoms with Crippen LogP contribution in [0.25, 0.3) is 87.6 Å². The smallest absolute Gasteiger partial charge is 0.00262 e. The first-order valence-electron chi connectivity index (χ1n) is 20.9. The van der Waals surface area contributed by atoms with Gasteiger partial charge >= 0.3 is 0 Å². The zero-order chi connectivity index (χ0) is 40.5. The number of hydrogen-bond acceptors (Lipinski definition) is 0. The fourth-order valence-corrected chi connectivity index (χ4v) is 7.27. The van der Waals surface area contributed by atoms with Gasteiger partial charge < -0.3 is 0 Å². The van der Waals surface area contributed by atoms with Gasteiger partial charge in [0.05, 0.1) is 0 Å². The first-order valence-corrected chi connectivity index (χ1v) is 20.9. The molecule has 0 bridgehead atoms. The van der Waals surface area contributed by atoms with Crippen molar-refractivity contribution >= 4 is 43.1 Å². The van der Waals surface area contributed by atoms with Crippen molar-refractivity contribution in [2.45, 2.75) is 69.2 Å². The zero-order valence-electron chi connectivity index (χ0n) is 35.3. The van der Waals surface area contributed by atoms with Gasteiger partial charge in [-0.1, -0.05) is 239 Å². The summed E-state index contributed by atoms with van der Waals surface area (Å²) in [6.45, 7) is 20.0. The molecule has 0 spiro atoms. The summed E-state index contributed by atoms with van der Waals surface area (Å²) in [5, 5.41) is 10.1. The van der Waals surface area contributed by atoms with Crippen molar-refractivity contribution in [1.82, 2.24) is 0 Å². The molecule has 9 aromatic carbocycles. The Kier molecular flexibility index (Phi) is 16.6. The van der Waals surface area contributed by atoms with Crippen LogP contribution in [0, 0.1) is 0 Å². The van der Waals surface area contributed by atoms with Gasteiger partial charge in [-0.3, -0.25) is 0 Å². The third-order valence-corrected chi connectivity index (χ3v) is 9.44. The quantitative estimate of drug-likeness (QED) is 0.158. The maximum absolute atomic E-state index is 2.37. The average molecular weight is 733 g/mol. The highest BCUT2D eigenvalue weighted by atomic mass is 14.2. The van der Waals surface area contributed by atoms with Gasteiger partial charge in [-0.05, 0) is 99.7 Å². The predicted molar refractivity (Wildman–Crippen MR) is 255 cm³/mol. The van der Waals surface area contributed by atoms with Gasteiger partial charge in [-0.15, -0.1) is 0 Å². The lowest BCUT2D eigenvalue weighted by Gasteiger charge is -2.18. The van der Waals surface area contributed by atoms with Crippen LogP contribution in [0.3, 0.4) is 0 Å². The molecule has 0 radical (unpaired) electrons. The number of fused-ring (bicyclic) bond motifs is 4. The summed E-state index contributed by atoms with van der Waals surface area (Å²) < 4.78 is 0. The van der Waals surface area contributed by atoms with E-state index in [0.29, 0.717) is 0 Å². The second kappa shape index (κ2) is 21.8. The normalized spacial score (nSPS) is 9.96. The highest BCUT2D eigenvalue weighted by molar-refractivity contribution is 6.21. The van der Waals surface area contributed by atoms with Crippen LogP contribution in [0.15, 0.2) is 182 Å². The van der Waals surface area contributed by atoms with E-state index in [0.717, 1.165) is 0 Å². The minimum atomic E-state index is 1.23. The molecule has 0 saturated heterocycles.